The van der Waals surface area contributed by atoms with Crippen LogP contribution >= 0.6 is 12.4 Å². The molecule has 0 atom stereocenters. The molecule has 0 aromatic heterocycles. The summed E-state index contributed by atoms with van der Waals surface area (Å²) >= 11 is 0. The van der Waals surface area contributed by atoms with Gasteiger partial charge in [-0.15, -0.1) is 12.4 Å². The zero-order valence-electron chi connectivity index (χ0n) is 12.0. The summed E-state index contributed by atoms with van der Waals surface area (Å²) in [6.07, 6.45) is -0.0721. The molecule has 2 aromatic rings. The maximum Gasteiger partial charge on any atom is 0.164 e. The summed E-state index contributed by atoms with van der Waals surface area (Å²) in [5.41, 5.74) is 6.64. The van der Waals surface area contributed by atoms with Crippen LogP contribution in [0.15, 0.2) is 42.5 Å². The van der Waals surface area contributed by atoms with Crippen molar-refractivity contribution in [3.8, 4) is 11.5 Å². The minimum Gasteiger partial charge on any atom is -0.487 e. The van der Waals surface area contributed by atoms with E-state index in [1.54, 1.807) is 0 Å². The van der Waals surface area contributed by atoms with Gasteiger partial charge in [0.1, 0.15) is 12.4 Å². The van der Waals surface area contributed by atoms with E-state index in [4.69, 9.17) is 15.2 Å². The van der Waals surface area contributed by atoms with Gasteiger partial charge >= 0.3 is 0 Å². The lowest BCUT2D eigenvalue weighted by Gasteiger charge is -2.16. The molecule has 114 valence electrons. The van der Waals surface area contributed by atoms with Crippen molar-refractivity contribution in [3.05, 3.63) is 53.8 Å². The van der Waals surface area contributed by atoms with E-state index in [1.807, 2.05) is 44.2 Å². The molecule has 0 saturated carbocycles. The van der Waals surface area contributed by atoms with Crippen molar-refractivity contribution >= 4 is 18.1 Å². The molecule has 0 fully saturated rings. The first-order valence-electron chi connectivity index (χ1n) is 6.48. The minimum absolute atomic E-state index is 0. The van der Waals surface area contributed by atoms with E-state index in [1.165, 1.54) is 12.1 Å². The van der Waals surface area contributed by atoms with Crippen LogP contribution in [0.2, 0.25) is 0 Å². The number of benzene rings is 2. The van der Waals surface area contributed by atoms with Crippen LogP contribution < -0.4 is 15.2 Å². The Kier molecular flexibility index (Phi) is 6.31. The summed E-state index contributed by atoms with van der Waals surface area (Å²) in [5.74, 6) is 0.303. The Morgan fingerprint density at radius 1 is 1.10 bits per heavy atom. The molecule has 2 aromatic carbocycles. The first-order chi connectivity index (χ1) is 9.56. The number of rotatable bonds is 5. The van der Waals surface area contributed by atoms with Gasteiger partial charge < -0.3 is 15.2 Å². The van der Waals surface area contributed by atoms with E-state index in [0.717, 1.165) is 5.56 Å². The molecule has 0 saturated heterocycles. The van der Waals surface area contributed by atoms with Gasteiger partial charge in [0.2, 0.25) is 0 Å². The lowest BCUT2D eigenvalue weighted by Crippen LogP contribution is -2.08. The number of nitrogen functional groups attached to an aromatic ring is 1. The topological polar surface area (TPSA) is 44.5 Å². The smallest absolute Gasteiger partial charge is 0.164 e. The first-order valence-corrected chi connectivity index (χ1v) is 6.48. The number of anilines is 1. The third-order valence-electron chi connectivity index (χ3n) is 2.66. The molecule has 0 amide bonds. The minimum atomic E-state index is -0.507. The fourth-order valence-electron chi connectivity index (χ4n) is 1.75. The van der Waals surface area contributed by atoms with Gasteiger partial charge in [-0.05, 0) is 19.4 Å². The summed E-state index contributed by atoms with van der Waals surface area (Å²) in [7, 11) is 0. The standard InChI is InChI=1S/C16H18FNO2.ClH/c1-11(2)20-16-8-13(17)14(18)9-15(16)19-10-12-6-4-3-5-7-12;/h3-9,11H,10,18H2,1-2H3;1H. The predicted octanol–water partition coefficient (Wildman–Crippen LogP) is 4.20. The highest BCUT2D eigenvalue weighted by atomic mass is 35.5. The molecule has 5 heteroatoms. The second-order valence-electron chi connectivity index (χ2n) is 4.76. The van der Waals surface area contributed by atoms with Gasteiger partial charge in [0.25, 0.3) is 0 Å². The van der Waals surface area contributed by atoms with Crippen LogP contribution in [0.1, 0.15) is 19.4 Å². The largest absolute Gasteiger partial charge is 0.487 e. The van der Waals surface area contributed by atoms with Crippen molar-refractivity contribution in [2.75, 3.05) is 5.73 Å². The molecule has 0 aliphatic carbocycles. The maximum absolute atomic E-state index is 13.5. The summed E-state index contributed by atoms with van der Waals surface area (Å²) in [4.78, 5) is 0. The lowest BCUT2D eigenvalue weighted by atomic mass is 10.2. The molecular formula is C16H19ClFNO2. The molecule has 0 heterocycles. The van der Waals surface area contributed by atoms with Crippen LogP contribution in [-0.2, 0) is 6.61 Å². The maximum atomic E-state index is 13.5. The molecule has 3 nitrogen and oxygen atoms in total. The molecule has 0 unspecified atom stereocenters. The predicted molar refractivity (Wildman–Crippen MR) is 84.6 cm³/mol. The normalized spacial score (nSPS) is 10.1. The highest BCUT2D eigenvalue weighted by molar-refractivity contribution is 5.85. The molecule has 0 aliphatic rings. The van der Waals surface area contributed by atoms with Crippen LogP contribution in [0.3, 0.4) is 0 Å². The van der Waals surface area contributed by atoms with Crippen LogP contribution in [0.5, 0.6) is 11.5 Å². The Morgan fingerprint density at radius 2 is 1.76 bits per heavy atom. The molecule has 2 N–H and O–H groups in total. The molecule has 0 bridgehead atoms. The van der Waals surface area contributed by atoms with E-state index in [0.29, 0.717) is 18.1 Å². The Labute approximate surface area is 130 Å². The van der Waals surface area contributed by atoms with Gasteiger partial charge in [0.15, 0.2) is 11.5 Å². The van der Waals surface area contributed by atoms with Gasteiger partial charge in [0, 0.05) is 12.1 Å². The number of halogens is 2. The average molecular weight is 312 g/mol. The Hall–Kier alpha value is -1.94. The van der Waals surface area contributed by atoms with Gasteiger partial charge in [-0.3, -0.25) is 0 Å². The quantitative estimate of drug-likeness (QED) is 0.842. The summed E-state index contributed by atoms with van der Waals surface area (Å²) in [5, 5.41) is 0. The number of ether oxygens (including phenoxy) is 2. The lowest BCUT2D eigenvalue weighted by molar-refractivity contribution is 0.217. The van der Waals surface area contributed by atoms with E-state index in [9.17, 15) is 4.39 Å². The third kappa shape index (κ3) is 4.83. The number of hydrogen-bond acceptors (Lipinski definition) is 3. The zero-order chi connectivity index (χ0) is 14.5. The Balaban J connectivity index is 0.00000220. The monoisotopic (exact) mass is 311 g/mol. The summed E-state index contributed by atoms with van der Waals surface area (Å²) in [6.45, 7) is 4.12. The van der Waals surface area contributed by atoms with Gasteiger partial charge in [-0.25, -0.2) is 4.39 Å². The summed E-state index contributed by atoms with van der Waals surface area (Å²) < 4.78 is 24.7. The van der Waals surface area contributed by atoms with Gasteiger partial charge in [-0.1, -0.05) is 30.3 Å². The van der Waals surface area contributed by atoms with Crippen molar-refractivity contribution in [3.63, 3.8) is 0 Å². The fourth-order valence-corrected chi connectivity index (χ4v) is 1.75. The molecule has 21 heavy (non-hydrogen) atoms. The highest BCUT2D eigenvalue weighted by Gasteiger charge is 2.12. The van der Waals surface area contributed by atoms with Crippen molar-refractivity contribution in [1.29, 1.82) is 0 Å². The van der Waals surface area contributed by atoms with E-state index >= 15 is 0 Å². The van der Waals surface area contributed by atoms with Gasteiger partial charge in [-0.2, -0.15) is 0 Å². The third-order valence-corrected chi connectivity index (χ3v) is 2.66. The Morgan fingerprint density at radius 3 is 2.38 bits per heavy atom. The van der Waals surface area contributed by atoms with E-state index in [-0.39, 0.29) is 24.2 Å². The number of hydrogen-bond donors (Lipinski definition) is 1. The van der Waals surface area contributed by atoms with Crippen LogP contribution in [-0.4, -0.2) is 6.10 Å². The van der Waals surface area contributed by atoms with E-state index in [2.05, 4.69) is 0 Å². The van der Waals surface area contributed by atoms with Crippen LogP contribution in [0, 0.1) is 5.82 Å². The fraction of sp³-hybridized carbons (Fsp3) is 0.250. The SMILES string of the molecule is CC(C)Oc1cc(F)c(N)cc1OCc1ccccc1.Cl. The molecule has 0 spiro atoms. The second kappa shape index (κ2) is 7.74. The first kappa shape index (κ1) is 17.1. The number of nitrogens with two attached hydrogens (primary N) is 1. The molecule has 0 radical (unpaired) electrons. The molecule has 0 aliphatic heterocycles. The van der Waals surface area contributed by atoms with Gasteiger partial charge in [0.05, 0.1) is 11.8 Å². The highest BCUT2D eigenvalue weighted by Crippen LogP contribution is 2.33. The zero-order valence-corrected chi connectivity index (χ0v) is 12.8. The van der Waals surface area contributed by atoms with Crippen molar-refractivity contribution in [1.82, 2.24) is 0 Å². The molecular weight excluding hydrogens is 293 g/mol. The Bertz CT molecular complexity index is 576. The van der Waals surface area contributed by atoms with Crippen molar-refractivity contribution in [2.45, 2.75) is 26.6 Å². The van der Waals surface area contributed by atoms with Crippen molar-refractivity contribution < 1.29 is 13.9 Å². The van der Waals surface area contributed by atoms with Crippen LogP contribution in [0.25, 0.3) is 0 Å². The van der Waals surface area contributed by atoms with E-state index < -0.39 is 5.82 Å². The average Bonchev–Trinajstić information content (AvgIpc) is 2.42. The van der Waals surface area contributed by atoms with Crippen LogP contribution in [0.4, 0.5) is 10.1 Å². The second-order valence-corrected chi connectivity index (χ2v) is 4.76. The molecule has 2 rings (SSSR count). The van der Waals surface area contributed by atoms with Crippen molar-refractivity contribution in [2.24, 2.45) is 0 Å². The summed E-state index contributed by atoms with van der Waals surface area (Å²) in [6, 6.07) is 12.4.